The lowest BCUT2D eigenvalue weighted by atomic mass is 10.1. The van der Waals surface area contributed by atoms with E-state index in [0.29, 0.717) is 34.7 Å². The van der Waals surface area contributed by atoms with Gasteiger partial charge in [0.05, 0.1) is 14.2 Å². The van der Waals surface area contributed by atoms with E-state index in [9.17, 15) is 0 Å². The minimum absolute atomic E-state index is 0.563. The van der Waals surface area contributed by atoms with Crippen LogP contribution in [0.15, 0.2) is 66.7 Å². The van der Waals surface area contributed by atoms with Gasteiger partial charge in [-0.15, -0.1) is 0 Å². The van der Waals surface area contributed by atoms with Gasteiger partial charge in [0.15, 0.2) is 16.6 Å². The maximum absolute atomic E-state index is 6.10. The van der Waals surface area contributed by atoms with Crippen LogP contribution in [-0.2, 0) is 13.1 Å². The molecule has 1 N–H and O–H groups in total. The number of anilines is 1. The van der Waals surface area contributed by atoms with Gasteiger partial charge in [0.1, 0.15) is 0 Å². The van der Waals surface area contributed by atoms with Crippen LogP contribution in [0.2, 0.25) is 5.02 Å². The Labute approximate surface area is 188 Å². The third-order valence-corrected chi connectivity index (χ3v) is 5.37. The molecule has 0 aromatic heterocycles. The van der Waals surface area contributed by atoms with Crippen LogP contribution >= 0.6 is 23.8 Å². The molecule has 0 radical (unpaired) electrons. The molecule has 3 rings (SSSR count). The molecular formula is C24H25ClN2O2S. The van der Waals surface area contributed by atoms with Gasteiger partial charge in [-0.3, -0.25) is 0 Å². The molecule has 0 fully saturated rings. The molecule has 0 unspecified atom stereocenters. The van der Waals surface area contributed by atoms with Crippen molar-refractivity contribution in [1.82, 2.24) is 4.90 Å². The molecule has 6 heteroatoms. The Hall–Kier alpha value is -2.76. The Bertz CT molecular complexity index is 1010. The summed E-state index contributed by atoms with van der Waals surface area (Å²) >= 11 is 11.9. The zero-order valence-corrected chi connectivity index (χ0v) is 18.9. The highest BCUT2D eigenvalue weighted by atomic mass is 35.5. The number of para-hydroxylation sites is 1. The van der Waals surface area contributed by atoms with Crippen molar-refractivity contribution in [1.29, 1.82) is 0 Å². The van der Waals surface area contributed by atoms with E-state index >= 15 is 0 Å². The lowest BCUT2D eigenvalue weighted by Crippen LogP contribution is -2.34. The topological polar surface area (TPSA) is 33.7 Å². The van der Waals surface area contributed by atoms with E-state index in [1.807, 2.05) is 61.5 Å². The molecule has 0 heterocycles. The number of benzene rings is 3. The molecule has 4 nitrogen and oxygen atoms in total. The maximum atomic E-state index is 6.10. The summed E-state index contributed by atoms with van der Waals surface area (Å²) in [6.45, 7) is 3.22. The smallest absolute Gasteiger partial charge is 0.174 e. The lowest BCUT2D eigenvalue weighted by molar-refractivity contribution is 0.341. The molecule has 30 heavy (non-hydrogen) atoms. The molecule has 0 aliphatic carbocycles. The van der Waals surface area contributed by atoms with Crippen molar-refractivity contribution in [3.05, 3.63) is 88.4 Å². The van der Waals surface area contributed by atoms with Crippen LogP contribution < -0.4 is 14.8 Å². The summed E-state index contributed by atoms with van der Waals surface area (Å²) in [6, 6.07) is 21.8. The molecule has 3 aromatic rings. The van der Waals surface area contributed by atoms with Crippen LogP contribution in [0.4, 0.5) is 5.69 Å². The first-order valence-corrected chi connectivity index (χ1v) is 10.4. The second-order valence-corrected chi connectivity index (χ2v) is 7.71. The largest absolute Gasteiger partial charge is 0.493 e. The first-order valence-electron chi connectivity index (χ1n) is 9.57. The number of aryl methyl sites for hydroxylation is 1. The van der Waals surface area contributed by atoms with Gasteiger partial charge >= 0.3 is 0 Å². The van der Waals surface area contributed by atoms with Gasteiger partial charge in [0.25, 0.3) is 0 Å². The minimum Gasteiger partial charge on any atom is -0.493 e. The summed E-state index contributed by atoms with van der Waals surface area (Å²) in [4.78, 5) is 2.11. The van der Waals surface area contributed by atoms with Crippen molar-refractivity contribution in [3.63, 3.8) is 0 Å². The number of nitrogens with zero attached hydrogens (tertiary/aromatic N) is 1. The molecule has 0 saturated carbocycles. The summed E-state index contributed by atoms with van der Waals surface area (Å²) in [5, 5.41) is 4.69. The fourth-order valence-electron chi connectivity index (χ4n) is 3.25. The molecule has 0 bridgehead atoms. The van der Waals surface area contributed by atoms with Crippen LogP contribution in [0.1, 0.15) is 16.7 Å². The molecule has 3 aromatic carbocycles. The molecule has 0 atom stereocenters. The zero-order chi connectivity index (χ0) is 21.5. The predicted octanol–water partition coefficient (Wildman–Crippen LogP) is 6.06. The molecular weight excluding hydrogens is 416 g/mol. The van der Waals surface area contributed by atoms with E-state index < -0.39 is 0 Å². The van der Waals surface area contributed by atoms with Crippen LogP contribution in [0, 0.1) is 6.92 Å². The van der Waals surface area contributed by atoms with Crippen molar-refractivity contribution in [3.8, 4) is 11.5 Å². The van der Waals surface area contributed by atoms with E-state index in [4.69, 9.17) is 33.3 Å². The predicted molar refractivity (Wildman–Crippen MR) is 128 cm³/mol. The van der Waals surface area contributed by atoms with Crippen LogP contribution in [0.3, 0.4) is 0 Å². The second-order valence-electron chi connectivity index (χ2n) is 6.88. The van der Waals surface area contributed by atoms with Gasteiger partial charge < -0.3 is 19.7 Å². The van der Waals surface area contributed by atoms with E-state index in [0.717, 1.165) is 22.4 Å². The SMILES string of the molecule is COc1cccc(CN(Cc2ccccc2)C(=S)Nc2ccc(Cl)cc2C)c1OC. The van der Waals surface area contributed by atoms with Gasteiger partial charge in [-0.2, -0.15) is 0 Å². The molecule has 0 aliphatic rings. The Morgan fingerprint density at radius 1 is 0.967 bits per heavy atom. The van der Waals surface area contributed by atoms with Crippen LogP contribution in [0.5, 0.6) is 11.5 Å². The van der Waals surface area contributed by atoms with E-state index in [1.54, 1.807) is 14.2 Å². The summed E-state index contributed by atoms with van der Waals surface area (Å²) in [5.41, 5.74) is 4.12. The van der Waals surface area contributed by atoms with Crippen molar-refractivity contribution in [2.75, 3.05) is 19.5 Å². The van der Waals surface area contributed by atoms with Gasteiger partial charge in [-0.25, -0.2) is 0 Å². The highest BCUT2D eigenvalue weighted by Gasteiger charge is 2.17. The standard InChI is InChI=1S/C24H25ClN2O2S/c1-17-14-20(25)12-13-21(17)26-24(30)27(15-18-8-5-4-6-9-18)16-19-10-7-11-22(28-2)23(19)29-3/h4-14H,15-16H2,1-3H3,(H,26,30). The third kappa shape index (κ3) is 5.43. The average Bonchev–Trinajstić information content (AvgIpc) is 2.75. The molecule has 0 saturated heterocycles. The number of halogens is 1. The van der Waals surface area contributed by atoms with Gasteiger partial charge in [-0.1, -0.05) is 54.1 Å². The molecule has 0 aliphatic heterocycles. The zero-order valence-electron chi connectivity index (χ0n) is 17.3. The summed E-state index contributed by atoms with van der Waals surface area (Å²) < 4.78 is 11.1. The van der Waals surface area contributed by atoms with Gasteiger partial charge in [0, 0.05) is 29.4 Å². The highest BCUT2D eigenvalue weighted by molar-refractivity contribution is 7.80. The first-order chi connectivity index (χ1) is 14.5. The van der Waals surface area contributed by atoms with Gasteiger partial charge in [-0.05, 0) is 54.5 Å². The first kappa shape index (κ1) is 21.9. The van der Waals surface area contributed by atoms with Crippen molar-refractivity contribution in [2.24, 2.45) is 0 Å². The maximum Gasteiger partial charge on any atom is 0.174 e. The Morgan fingerprint density at radius 3 is 2.40 bits per heavy atom. The molecule has 0 amide bonds. The summed E-state index contributed by atoms with van der Waals surface area (Å²) in [6.07, 6.45) is 0. The monoisotopic (exact) mass is 440 g/mol. The second kappa shape index (κ2) is 10.3. The third-order valence-electron chi connectivity index (χ3n) is 4.78. The van der Waals surface area contributed by atoms with Crippen molar-refractivity contribution in [2.45, 2.75) is 20.0 Å². The average molecular weight is 441 g/mol. The lowest BCUT2D eigenvalue weighted by Gasteiger charge is -2.27. The van der Waals surface area contributed by atoms with E-state index in [-0.39, 0.29) is 0 Å². The van der Waals surface area contributed by atoms with Crippen LogP contribution in [-0.4, -0.2) is 24.2 Å². The fraction of sp³-hybridized carbons (Fsp3) is 0.208. The number of rotatable bonds is 7. The normalized spacial score (nSPS) is 10.4. The number of ether oxygens (including phenoxy) is 2. The Balaban J connectivity index is 1.89. The Morgan fingerprint density at radius 2 is 1.73 bits per heavy atom. The number of hydrogen-bond donors (Lipinski definition) is 1. The van der Waals surface area contributed by atoms with Crippen molar-refractivity contribution < 1.29 is 9.47 Å². The minimum atomic E-state index is 0.563. The number of nitrogens with one attached hydrogen (secondary N) is 1. The number of methoxy groups -OCH3 is 2. The van der Waals surface area contributed by atoms with E-state index in [1.165, 1.54) is 0 Å². The summed E-state index contributed by atoms with van der Waals surface area (Å²) in [7, 11) is 3.29. The number of thiocarbonyl (C=S) groups is 1. The molecule has 156 valence electrons. The quantitative estimate of drug-likeness (QED) is 0.451. The Kier molecular flexibility index (Phi) is 7.55. The van der Waals surface area contributed by atoms with Crippen molar-refractivity contribution >= 4 is 34.6 Å². The molecule has 0 spiro atoms. The highest BCUT2D eigenvalue weighted by Crippen LogP contribution is 2.32. The summed E-state index contributed by atoms with van der Waals surface area (Å²) in [5.74, 6) is 1.41. The fourth-order valence-corrected chi connectivity index (χ4v) is 3.71. The van der Waals surface area contributed by atoms with Crippen LogP contribution in [0.25, 0.3) is 0 Å². The van der Waals surface area contributed by atoms with E-state index in [2.05, 4.69) is 22.3 Å². The number of hydrogen-bond acceptors (Lipinski definition) is 3. The van der Waals surface area contributed by atoms with Gasteiger partial charge in [0.2, 0.25) is 0 Å².